The minimum Gasteiger partial charge on any atom is -0.466 e. The molecule has 2 fully saturated rings. The number of rotatable bonds is 7. The molecule has 37 heavy (non-hydrogen) atoms. The third-order valence-electron chi connectivity index (χ3n) is 6.67. The lowest BCUT2D eigenvalue weighted by Crippen LogP contribution is -2.42. The number of aromatic nitrogens is 2. The fourth-order valence-corrected chi connectivity index (χ4v) is 5.35. The highest BCUT2D eigenvalue weighted by Gasteiger charge is 2.30. The van der Waals surface area contributed by atoms with Gasteiger partial charge in [0.1, 0.15) is 5.82 Å². The lowest BCUT2D eigenvalue weighted by atomic mass is 9.92. The summed E-state index contributed by atoms with van der Waals surface area (Å²) >= 11 is 1.58. The molecule has 0 spiro atoms. The molecule has 8 nitrogen and oxygen atoms in total. The quantitative estimate of drug-likeness (QED) is 0.300. The summed E-state index contributed by atoms with van der Waals surface area (Å²) in [6.07, 6.45) is 1.57. The van der Waals surface area contributed by atoms with E-state index in [-0.39, 0.29) is 23.2 Å². The summed E-state index contributed by atoms with van der Waals surface area (Å²) in [6.45, 7) is 12.8. The zero-order valence-electron chi connectivity index (χ0n) is 22.4. The van der Waals surface area contributed by atoms with Gasteiger partial charge >= 0.3 is 5.97 Å². The number of morpholine rings is 1. The number of amides is 1. The predicted octanol–water partition coefficient (Wildman–Crippen LogP) is 4.32. The summed E-state index contributed by atoms with van der Waals surface area (Å²) in [6, 6.07) is 9.83. The Bertz CT molecular complexity index is 1100. The van der Waals surface area contributed by atoms with Crippen LogP contribution in [0.1, 0.15) is 62.2 Å². The molecule has 0 bridgehead atoms. The first kappa shape index (κ1) is 27.4. The molecule has 1 aromatic heterocycles. The molecule has 2 aliphatic heterocycles. The highest BCUT2D eigenvalue weighted by Crippen LogP contribution is 2.29. The first-order valence-electron chi connectivity index (χ1n) is 13.1. The van der Waals surface area contributed by atoms with Gasteiger partial charge in [-0.15, -0.1) is 0 Å². The third-order valence-corrected chi connectivity index (χ3v) is 7.58. The van der Waals surface area contributed by atoms with E-state index in [1.165, 1.54) is 0 Å². The molecule has 9 heteroatoms. The van der Waals surface area contributed by atoms with Crippen LogP contribution in [0.4, 0.5) is 5.82 Å². The summed E-state index contributed by atoms with van der Waals surface area (Å²) < 4.78 is 10.7. The molecule has 0 aliphatic carbocycles. The molecule has 1 amide bonds. The number of ether oxygens (including phenoxy) is 2. The molecule has 3 heterocycles. The minimum atomic E-state index is -0.246. The van der Waals surface area contributed by atoms with E-state index in [2.05, 4.69) is 31.7 Å². The SMILES string of the molecule is CCOC(=O)[C@@H]1CCCN(C(=O)c2cccc(CSc3nc(N4CCOCC4)cc(C(C)(C)C)n3)c2)C1. The first-order valence-corrected chi connectivity index (χ1v) is 14.1. The molecule has 0 radical (unpaired) electrons. The summed E-state index contributed by atoms with van der Waals surface area (Å²) in [4.78, 5) is 39.2. The predicted molar refractivity (Wildman–Crippen MR) is 145 cm³/mol. The molecule has 1 aromatic carbocycles. The molecule has 0 N–H and O–H groups in total. The number of thioether (sulfide) groups is 1. The number of carbonyl (C=O) groups is 2. The van der Waals surface area contributed by atoms with Crippen LogP contribution in [-0.4, -0.2) is 72.7 Å². The number of anilines is 1. The molecular weight excluding hydrogens is 488 g/mol. The Hall–Kier alpha value is -2.65. The molecule has 0 unspecified atom stereocenters. The number of esters is 1. The van der Waals surface area contributed by atoms with E-state index >= 15 is 0 Å². The first-order chi connectivity index (χ1) is 17.7. The lowest BCUT2D eigenvalue weighted by Gasteiger charge is -2.31. The average molecular weight is 527 g/mol. The van der Waals surface area contributed by atoms with Crippen molar-refractivity contribution in [2.45, 2.75) is 56.9 Å². The van der Waals surface area contributed by atoms with Crippen LogP contribution < -0.4 is 4.90 Å². The van der Waals surface area contributed by atoms with E-state index in [1.807, 2.05) is 24.3 Å². The van der Waals surface area contributed by atoms with Gasteiger partial charge in [0.2, 0.25) is 0 Å². The van der Waals surface area contributed by atoms with E-state index in [0.29, 0.717) is 44.2 Å². The smallest absolute Gasteiger partial charge is 0.310 e. The second-order valence-corrected chi connectivity index (χ2v) is 11.5. The van der Waals surface area contributed by atoms with Crippen LogP contribution in [0.25, 0.3) is 0 Å². The maximum Gasteiger partial charge on any atom is 0.310 e. The summed E-state index contributed by atoms with van der Waals surface area (Å²) in [7, 11) is 0. The van der Waals surface area contributed by atoms with Crippen molar-refractivity contribution in [1.82, 2.24) is 14.9 Å². The van der Waals surface area contributed by atoms with Gasteiger partial charge in [0.25, 0.3) is 5.91 Å². The number of likely N-dealkylation sites (tertiary alicyclic amines) is 1. The zero-order valence-corrected chi connectivity index (χ0v) is 23.2. The van der Waals surface area contributed by atoms with Gasteiger partial charge in [0, 0.05) is 49.0 Å². The monoisotopic (exact) mass is 526 g/mol. The van der Waals surface area contributed by atoms with Gasteiger partial charge < -0.3 is 19.3 Å². The van der Waals surface area contributed by atoms with Crippen LogP contribution in [0.5, 0.6) is 0 Å². The fourth-order valence-electron chi connectivity index (χ4n) is 4.55. The van der Waals surface area contributed by atoms with Gasteiger partial charge in [-0.25, -0.2) is 9.97 Å². The molecule has 0 saturated carbocycles. The minimum absolute atomic E-state index is 0.0403. The Morgan fingerprint density at radius 1 is 1.14 bits per heavy atom. The van der Waals surface area contributed by atoms with Gasteiger partial charge in [-0.3, -0.25) is 9.59 Å². The van der Waals surface area contributed by atoms with E-state index in [9.17, 15) is 9.59 Å². The maximum absolute atomic E-state index is 13.3. The second-order valence-electron chi connectivity index (χ2n) is 10.6. The molecule has 1 atom stereocenters. The van der Waals surface area contributed by atoms with Crippen molar-refractivity contribution in [1.29, 1.82) is 0 Å². The molecule has 4 rings (SSSR count). The van der Waals surface area contributed by atoms with E-state index < -0.39 is 0 Å². The highest BCUT2D eigenvalue weighted by molar-refractivity contribution is 7.98. The van der Waals surface area contributed by atoms with Crippen molar-refractivity contribution in [3.05, 3.63) is 47.2 Å². The van der Waals surface area contributed by atoms with Crippen molar-refractivity contribution >= 4 is 29.5 Å². The summed E-state index contributed by atoms with van der Waals surface area (Å²) in [5.74, 6) is 1.10. The largest absolute Gasteiger partial charge is 0.466 e. The van der Waals surface area contributed by atoms with Crippen LogP contribution in [0, 0.1) is 5.92 Å². The Morgan fingerprint density at radius 3 is 2.65 bits per heavy atom. The van der Waals surface area contributed by atoms with E-state index in [0.717, 1.165) is 48.2 Å². The van der Waals surface area contributed by atoms with Gasteiger partial charge in [0.05, 0.1) is 31.4 Å². The van der Waals surface area contributed by atoms with Crippen LogP contribution in [0.3, 0.4) is 0 Å². The van der Waals surface area contributed by atoms with Crippen molar-refractivity contribution < 1.29 is 19.1 Å². The number of nitrogens with zero attached hydrogens (tertiary/aromatic N) is 4. The number of hydrogen-bond donors (Lipinski definition) is 0. The Kier molecular flexibility index (Phi) is 9.08. The van der Waals surface area contributed by atoms with E-state index in [4.69, 9.17) is 19.4 Å². The Balaban J connectivity index is 1.46. The fraction of sp³-hybridized carbons (Fsp3) is 0.571. The molecule has 200 valence electrons. The number of carbonyl (C=O) groups excluding carboxylic acids is 2. The van der Waals surface area contributed by atoms with Crippen LogP contribution in [-0.2, 0) is 25.4 Å². The maximum atomic E-state index is 13.3. The van der Waals surface area contributed by atoms with Gasteiger partial charge in [-0.2, -0.15) is 0 Å². The topological polar surface area (TPSA) is 84.9 Å². The third kappa shape index (κ3) is 7.23. The summed E-state index contributed by atoms with van der Waals surface area (Å²) in [5, 5.41) is 0.735. The standard InChI is InChI=1S/C28H38N4O4S/c1-5-36-26(34)22-10-7-11-32(18-22)25(33)21-9-6-8-20(16-21)19-37-27-29-23(28(2,3)4)17-24(30-27)31-12-14-35-15-13-31/h6,8-9,16-17,22H,5,7,10-15,18-19H2,1-4H3/t22-/m1/s1. The zero-order chi connectivity index (χ0) is 26.4. The van der Waals surface area contributed by atoms with Gasteiger partial charge in [-0.05, 0) is 37.5 Å². The van der Waals surface area contributed by atoms with Crippen LogP contribution >= 0.6 is 11.8 Å². The van der Waals surface area contributed by atoms with Crippen molar-refractivity contribution in [3.8, 4) is 0 Å². The van der Waals surface area contributed by atoms with Crippen LogP contribution in [0.15, 0.2) is 35.5 Å². The lowest BCUT2D eigenvalue weighted by molar-refractivity contribution is -0.149. The van der Waals surface area contributed by atoms with Gasteiger partial charge in [-0.1, -0.05) is 44.7 Å². The average Bonchev–Trinajstić information content (AvgIpc) is 2.91. The highest BCUT2D eigenvalue weighted by atomic mass is 32.2. The molecular formula is C28H38N4O4S. The summed E-state index contributed by atoms with van der Waals surface area (Å²) in [5.41, 5.74) is 2.59. The van der Waals surface area contributed by atoms with E-state index in [1.54, 1.807) is 23.6 Å². The Morgan fingerprint density at radius 2 is 1.92 bits per heavy atom. The van der Waals surface area contributed by atoms with Crippen molar-refractivity contribution in [3.63, 3.8) is 0 Å². The number of benzene rings is 1. The van der Waals surface area contributed by atoms with Crippen molar-refractivity contribution in [2.24, 2.45) is 5.92 Å². The number of piperidine rings is 1. The second kappa shape index (κ2) is 12.3. The van der Waals surface area contributed by atoms with Gasteiger partial charge in [0.15, 0.2) is 5.16 Å². The molecule has 2 aromatic rings. The van der Waals surface area contributed by atoms with Crippen molar-refractivity contribution in [2.75, 3.05) is 50.9 Å². The Labute approximate surface area is 224 Å². The normalized spacial score (nSPS) is 18.5. The van der Waals surface area contributed by atoms with Crippen LogP contribution in [0.2, 0.25) is 0 Å². The molecule has 2 aliphatic rings. The number of hydrogen-bond acceptors (Lipinski definition) is 8. The molecule has 2 saturated heterocycles.